The van der Waals surface area contributed by atoms with E-state index in [1.165, 1.54) is 11.9 Å². The summed E-state index contributed by atoms with van der Waals surface area (Å²) in [4.78, 5) is 26.0. The van der Waals surface area contributed by atoms with E-state index in [2.05, 4.69) is 34.0 Å². The van der Waals surface area contributed by atoms with Crippen molar-refractivity contribution in [1.82, 2.24) is 19.8 Å². The van der Waals surface area contributed by atoms with E-state index in [1.807, 2.05) is 30.9 Å². The van der Waals surface area contributed by atoms with Gasteiger partial charge in [-0.3, -0.25) is 9.69 Å². The summed E-state index contributed by atoms with van der Waals surface area (Å²) < 4.78 is 5.29. The van der Waals surface area contributed by atoms with Crippen molar-refractivity contribution in [3.63, 3.8) is 0 Å². The summed E-state index contributed by atoms with van der Waals surface area (Å²) in [5, 5.41) is 0. The Kier molecular flexibility index (Phi) is 5.91. The number of ether oxygens (including phenoxy) is 1. The molecule has 2 aliphatic heterocycles. The SMILES string of the molecule is COc1ccc([C@@H]2[C@@H]3CN(C(=O)c4c(C)ncnc4C)C[C@@H]3CN2C)cc1.Cl. The number of fused-ring (bicyclic) bond motifs is 1. The quantitative estimate of drug-likeness (QED) is 0.790. The molecule has 28 heavy (non-hydrogen) atoms. The highest BCUT2D eigenvalue weighted by Crippen LogP contribution is 2.44. The normalized spacial score (nSPS) is 24.0. The average Bonchev–Trinajstić information content (AvgIpc) is 3.18. The van der Waals surface area contributed by atoms with Crippen molar-refractivity contribution in [1.29, 1.82) is 0 Å². The highest BCUT2D eigenvalue weighted by molar-refractivity contribution is 5.96. The molecule has 2 aromatic rings. The highest BCUT2D eigenvalue weighted by Gasteiger charge is 2.47. The second-order valence-electron chi connectivity index (χ2n) is 7.71. The van der Waals surface area contributed by atoms with Crippen LogP contribution in [0.2, 0.25) is 0 Å². The van der Waals surface area contributed by atoms with Crippen LogP contribution in [0.5, 0.6) is 5.75 Å². The molecule has 1 amide bonds. The van der Waals surface area contributed by atoms with Crippen LogP contribution in [0.1, 0.15) is 33.4 Å². The lowest BCUT2D eigenvalue weighted by Gasteiger charge is -2.27. The Bertz CT molecular complexity index is 838. The van der Waals surface area contributed by atoms with E-state index in [0.29, 0.717) is 23.4 Å². The zero-order valence-corrected chi connectivity index (χ0v) is 17.6. The van der Waals surface area contributed by atoms with Crippen molar-refractivity contribution in [3.8, 4) is 5.75 Å². The van der Waals surface area contributed by atoms with Gasteiger partial charge in [-0.2, -0.15) is 0 Å². The summed E-state index contributed by atoms with van der Waals surface area (Å²) in [5.74, 6) is 1.87. The van der Waals surface area contributed by atoms with Gasteiger partial charge in [0.05, 0.1) is 24.1 Å². The average molecular weight is 403 g/mol. The van der Waals surface area contributed by atoms with Crippen LogP contribution in [-0.4, -0.2) is 59.5 Å². The number of nitrogens with zero attached hydrogens (tertiary/aromatic N) is 4. The minimum atomic E-state index is 0. The molecular weight excluding hydrogens is 376 g/mol. The van der Waals surface area contributed by atoms with Crippen LogP contribution in [0.4, 0.5) is 0 Å². The van der Waals surface area contributed by atoms with Gasteiger partial charge in [0.1, 0.15) is 12.1 Å². The maximum Gasteiger partial charge on any atom is 0.257 e. The number of carbonyl (C=O) groups is 1. The first-order valence-corrected chi connectivity index (χ1v) is 9.41. The number of methoxy groups -OCH3 is 1. The van der Waals surface area contributed by atoms with Crippen LogP contribution in [0.25, 0.3) is 0 Å². The topological polar surface area (TPSA) is 58.6 Å². The van der Waals surface area contributed by atoms with E-state index in [9.17, 15) is 4.79 Å². The Balaban J connectivity index is 0.00000225. The zero-order chi connectivity index (χ0) is 19.1. The summed E-state index contributed by atoms with van der Waals surface area (Å²) >= 11 is 0. The molecule has 0 bridgehead atoms. The van der Waals surface area contributed by atoms with E-state index in [-0.39, 0.29) is 18.3 Å². The van der Waals surface area contributed by atoms with Gasteiger partial charge in [-0.05, 0) is 44.5 Å². The fraction of sp³-hybridized carbons (Fsp3) is 0.476. The smallest absolute Gasteiger partial charge is 0.257 e. The molecule has 0 N–H and O–H groups in total. The maximum atomic E-state index is 13.1. The fourth-order valence-corrected chi connectivity index (χ4v) is 4.79. The van der Waals surface area contributed by atoms with E-state index in [1.54, 1.807) is 7.11 Å². The molecule has 2 saturated heterocycles. The van der Waals surface area contributed by atoms with Crippen molar-refractivity contribution in [2.75, 3.05) is 33.8 Å². The number of hydrogen-bond acceptors (Lipinski definition) is 5. The Morgan fingerprint density at radius 2 is 1.71 bits per heavy atom. The fourth-order valence-electron chi connectivity index (χ4n) is 4.79. The number of halogens is 1. The lowest BCUT2D eigenvalue weighted by Crippen LogP contribution is -2.34. The van der Waals surface area contributed by atoms with E-state index >= 15 is 0 Å². The molecule has 1 aromatic heterocycles. The first-order chi connectivity index (χ1) is 13.0. The summed E-state index contributed by atoms with van der Waals surface area (Å²) in [5.41, 5.74) is 3.46. The van der Waals surface area contributed by atoms with Crippen LogP contribution < -0.4 is 4.74 Å². The van der Waals surface area contributed by atoms with E-state index in [0.717, 1.165) is 36.8 Å². The van der Waals surface area contributed by atoms with Gasteiger partial charge >= 0.3 is 0 Å². The van der Waals surface area contributed by atoms with Gasteiger partial charge in [0.25, 0.3) is 5.91 Å². The van der Waals surface area contributed by atoms with Crippen molar-refractivity contribution >= 4 is 18.3 Å². The summed E-state index contributed by atoms with van der Waals surface area (Å²) in [6.07, 6.45) is 1.52. The monoisotopic (exact) mass is 402 g/mol. The molecule has 1 aromatic carbocycles. The van der Waals surface area contributed by atoms with E-state index in [4.69, 9.17) is 4.74 Å². The number of aryl methyl sites for hydroxylation is 2. The summed E-state index contributed by atoms with van der Waals surface area (Å²) in [6, 6.07) is 8.65. The molecular formula is C21H27ClN4O2. The molecule has 3 heterocycles. The first-order valence-electron chi connectivity index (χ1n) is 9.41. The predicted octanol–water partition coefficient (Wildman–Crippen LogP) is 2.90. The van der Waals surface area contributed by atoms with Crippen molar-refractivity contribution in [3.05, 3.63) is 53.1 Å². The molecule has 150 valence electrons. The molecule has 3 atom stereocenters. The van der Waals surface area contributed by atoms with E-state index < -0.39 is 0 Å². The van der Waals surface area contributed by atoms with Crippen molar-refractivity contribution in [2.24, 2.45) is 11.8 Å². The van der Waals surface area contributed by atoms with Crippen molar-refractivity contribution in [2.45, 2.75) is 19.9 Å². The highest BCUT2D eigenvalue weighted by atomic mass is 35.5. The second kappa shape index (κ2) is 8.05. The van der Waals surface area contributed by atoms with Crippen LogP contribution in [0.3, 0.4) is 0 Å². The van der Waals surface area contributed by atoms with Crippen LogP contribution in [0, 0.1) is 25.7 Å². The Morgan fingerprint density at radius 3 is 2.32 bits per heavy atom. The number of likely N-dealkylation sites (tertiary alicyclic amines) is 2. The Morgan fingerprint density at radius 1 is 1.07 bits per heavy atom. The minimum Gasteiger partial charge on any atom is -0.497 e. The molecule has 0 aliphatic carbocycles. The van der Waals surface area contributed by atoms with Crippen LogP contribution in [-0.2, 0) is 0 Å². The van der Waals surface area contributed by atoms with Gasteiger partial charge in [0, 0.05) is 31.6 Å². The summed E-state index contributed by atoms with van der Waals surface area (Å²) in [6.45, 7) is 6.35. The van der Waals surface area contributed by atoms with Gasteiger partial charge in [-0.25, -0.2) is 9.97 Å². The van der Waals surface area contributed by atoms with Crippen LogP contribution in [0.15, 0.2) is 30.6 Å². The van der Waals surface area contributed by atoms with Gasteiger partial charge in [-0.1, -0.05) is 12.1 Å². The molecule has 0 spiro atoms. The minimum absolute atomic E-state index is 0. The maximum absolute atomic E-state index is 13.1. The molecule has 2 aliphatic rings. The number of carbonyl (C=O) groups excluding carboxylic acids is 1. The zero-order valence-electron chi connectivity index (χ0n) is 16.8. The number of benzene rings is 1. The molecule has 4 rings (SSSR count). The molecule has 0 radical (unpaired) electrons. The number of hydrogen-bond donors (Lipinski definition) is 0. The number of aromatic nitrogens is 2. The first kappa shape index (κ1) is 20.6. The van der Waals surface area contributed by atoms with Gasteiger partial charge in [0.2, 0.25) is 0 Å². The third-order valence-electron chi connectivity index (χ3n) is 6.08. The standard InChI is InChI=1S/C21H26N4O2.ClH/c1-13-19(14(2)23-12-22-13)21(26)25-10-16-9-24(3)20(18(16)11-25)15-5-7-17(27-4)8-6-15;/h5-8,12,16,18,20H,9-11H2,1-4H3;1H/t16-,18+,20+;/m0./s1. The lowest BCUT2D eigenvalue weighted by molar-refractivity contribution is 0.0765. The second-order valence-corrected chi connectivity index (χ2v) is 7.71. The molecule has 6 nitrogen and oxygen atoms in total. The largest absolute Gasteiger partial charge is 0.497 e. The molecule has 0 saturated carbocycles. The van der Waals surface area contributed by atoms with Gasteiger partial charge in [-0.15, -0.1) is 12.4 Å². The van der Waals surface area contributed by atoms with Gasteiger partial charge in [0.15, 0.2) is 0 Å². The Hall–Kier alpha value is -2.18. The molecule has 2 fully saturated rings. The third-order valence-corrected chi connectivity index (χ3v) is 6.08. The summed E-state index contributed by atoms with van der Waals surface area (Å²) in [7, 11) is 3.86. The molecule has 7 heteroatoms. The third kappa shape index (κ3) is 3.47. The predicted molar refractivity (Wildman–Crippen MR) is 110 cm³/mol. The van der Waals surface area contributed by atoms with Gasteiger partial charge < -0.3 is 9.64 Å². The van der Waals surface area contributed by atoms with Crippen molar-refractivity contribution < 1.29 is 9.53 Å². The Labute approximate surface area is 172 Å². The number of amides is 1. The lowest BCUT2D eigenvalue weighted by atomic mass is 9.89. The van der Waals surface area contributed by atoms with Crippen LogP contribution >= 0.6 is 12.4 Å². The number of rotatable bonds is 3. The molecule has 0 unspecified atom stereocenters.